The van der Waals surface area contributed by atoms with Gasteiger partial charge in [-0.2, -0.15) is 0 Å². The van der Waals surface area contributed by atoms with Crippen molar-refractivity contribution in [1.82, 2.24) is 9.80 Å². The zero-order valence-corrected chi connectivity index (χ0v) is 15.7. The Hall–Kier alpha value is -1.60. The molecule has 0 unspecified atom stereocenters. The number of carbonyl (C=O) groups excluding carboxylic acids is 2. The summed E-state index contributed by atoms with van der Waals surface area (Å²) in [7, 11) is 1.34. The second-order valence-electron chi connectivity index (χ2n) is 7.22. The van der Waals surface area contributed by atoms with Gasteiger partial charge in [-0.15, -0.1) is 11.3 Å². The molecule has 0 saturated carbocycles. The molecule has 2 rings (SSSR count). The third kappa shape index (κ3) is 5.21. The Morgan fingerprint density at radius 2 is 1.92 bits per heavy atom. The van der Waals surface area contributed by atoms with Gasteiger partial charge in [-0.25, -0.2) is 9.59 Å². The highest BCUT2D eigenvalue weighted by molar-refractivity contribution is 7.12. The van der Waals surface area contributed by atoms with E-state index in [1.807, 2.05) is 0 Å². The average Bonchev–Trinajstić information content (AvgIpc) is 3.00. The second-order valence-corrected chi connectivity index (χ2v) is 8.14. The Kier molecular flexibility index (Phi) is 6.23. The van der Waals surface area contributed by atoms with Gasteiger partial charge in [-0.3, -0.25) is 4.90 Å². The van der Waals surface area contributed by atoms with Crippen LogP contribution < -0.4 is 5.32 Å². The molecule has 1 aromatic heterocycles. The first-order valence-electron chi connectivity index (χ1n) is 8.24. The standard InChI is InChI=1S/C17H27N3O3S/c1-17(2,3)6-7-19-8-10-20(11-9-19)16(22)18-13-5-12-24-14(13)15(21)23-4/h5,12H,6-11H2,1-4H3,(H,18,22). The van der Waals surface area contributed by atoms with E-state index in [2.05, 4.69) is 31.0 Å². The number of ether oxygens (including phenoxy) is 1. The number of carbonyl (C=O) groups is 2. The molecule has 2 heterocycles. The number of piperazine rings is 1. The number of nitrogens with one attached hydrogen (secondary N) is 1. The van der Waals surface area contributed by atoms with Crippen LogP contribution >= 0.6 is 11.3 Å². The number of esters is 1. The number of anilines is 1. The van der Waals surface area contributed by atoms with Crippen LogP contribution in [0.3, 0.4) is 0 Å². The van der Waals surface area contributed by atoms with E-state index in [4.69, 9.17) is 4.74 Å². The predicted octanol–water partition coefficient (Wildman–Crippen LogP) is 3.12. The van der Waals surface area contributed by atoms with Crippen molar-refractivity contribution in [2.24, 2.45) is 5.41 Å². The Morgan fingerprint density at radius 1 is 1.25 bits per heavy atom. The molecule has 0 aliphatic carbocycles. The van der Waals surface area contributed by atoms with Crippen LogP contribution in [0.5, 0.6) is 0 Å². The van der Waals surface area contributed by atoms with Gasteiger partial charge >= 0.3 is 12.0 Å². The first-order valence-corrected chi connectivity index (χ1v) is 9.12. The third-order valence-corrected chi connectivity index (χ3v) is 5.01. The molecule has 1 saturated heterocycles. The van der Waals surface area contributed by atoms with E-state index in [9.17, 15) is 9.59 Å². The van der Waals surface area contributed by atoms with E-state index in [0.29, 0.717) is 29.1 Å². The fraction of sp³-hybridized carbons (Fsp3) is 0.647. The van der Waals surface area contributed by atoms with Crippen LogP contribution in [0.2, 0.25) is 0 Å². The van der Waals surface area contributed by atoms with Gasteiger partial charge in [0.15, 0.2) is 0 Å². The van der Waals surface area contributed by atoms with Gasteiger partial charge in [-0.05, 0) is 29.8 Å². The molecule has 24 heavy (non-hydrogen) atoms. The van der Waals surface area contributed by atoms with Crippen molar-refractivity contribution < 1.29 is 14.3 Å². The number of hydrogen-bond acceptors (Lipinski definition) is 5. The maximum atomic E-state index is 12.4. The predicted molar refractivity (Wildman–Crippen MR) is 96.8 cm³/mol. The fourth-order valence-corrected chi connectivity index (χ4v) is 3.29. The minimum Gasteiger partial charge on any atom is -0.465 e. The van der Waals surface area contributed by atoms with Crippen LogP contribution in [0.1, 0.15) is 36.9 Å². The van der Waals surface area contributed by atoms with E-state index in [1.165, 1.54) is 18.4 Å². The highest BCUT2D eigenvalue weighted by Crippen LogP contribution is 2.24. The summed E-state index contributed by atoms with van der Waals surface area (Å²) in [6.07, 6.45) is 1.15. The number of thiophene rings is 1. The molecule has 0 bridgehead atoms. The molecule has 0 atom stereocenters. The lowest BCUT2D eigenvalue weighted by Crippen LogP contribution is -2.50. The fourth-order valence-electron chi connectivity index (χ4n) is 2.52. The van der Waals surface area contributed by atoms with Crippen molar-refractivity contribution in [2.45, 2.75) is 27.2 Å². The molecular formula is C17H27N3O3S. The maximum absolute atomic E-state index is 12.4. The number of methoxy groups -OCH3 is 1. The van der Waals surface area contributed by atoms with Crippen molar-refractivity contribution in [3.63, 3.8) is 0 Å². The van der Waals surface area contributed by atoms with Gasteiger partial charge in [0.25, 0.3) is 0 Å². The highest BCUT2D eigenvalue weighted by Gasteiger charge is 2.24. The molecule has 0 radical (unpaired) electrons. The maximum Gasteiger partial charge on any atom is 0.350 e. The summed E-state index contributed by atoms with van der Waals surface area (Å²) >= 11 is 1.26. The van der Waals surface area contributed by atoms with Gasteiger partial charge in [0, 0.05) is 26.2 Å². The third-order valence-electron chi connectivity index (χ3n) is 4.12. The Balaban J connectivity index is 1.83. The van der Waals surface area contributed by atoms with Crippen LogP contribution in [0.4, 0.5) is 10.5 Å². The summed E-state index contributed by atoms with van der Waals surface area (Å²) in [6.45, 7) is 11.0. The molecule has 0 aromatic carbocycles. The van der Waals surface area contributed by atoms with Crippen molar-refractivity contribution in [2.75, 3.05) is 45.2 Å². The Morgan fingerprint density at radius 3 is 2.50 bits per heavy atom. The lowest BCUT2D eigenvalue weighted by atomic mass is 9.92. The van der Waals surface area contributed by atoms with Gasteiger partial charge < -0.3 is 15.0 Å². The summed E-state index contributed by atoms with van der Waals surface area (Å²) in [5.74, 6) is -0.424. The van der Waals surface area contributed by atoms with Crippen molar-refractivity contribution >= 4 is 29.0 Å². The monoisotopic (exact) mass is 353 g/mol. The first-order chi connectivity index (χ1) is 11.3. The molecule has 1 aromatic rings. The van der Waals surface area contributed by atoms with Crippen LogP contribution in [-0.4, -0.2) is 61.6 Å². The van der Waals surface area contributed by atoms with E-state index < -0.39 is 5.97 Å². The molecule has 2 amide bonds. The molecule has 1 fully saturated rings. The number of nitrogens with zero attached hydrogens (tertiary/aromatic N) is 2. The Labute approximate surface area is 147 Å². The van der Waals surface area contributed by atoms with Crippen LogP contribution in [0.25, 0.3) is 0 Å². The Bertz CT molecular complexity index is 572. The summed E-state index contributed by atoms with van der Waals surface area (Å²) in [4.78, 5) is 28.7. The minimum atomic E-state index is -0.424. The van der Waals surface area contributed by atoms with Crippen LogP contribution in [0, 0.1) is 5.41 Å². The number of amides is 2. The molecule has 7 heteroatoms. The lowest BCUT2D eigenvalue weighted by Gasteiger charge is -2.35. The quantitative estimate of drug-likeness (QED) is 0.845. The molecule has 6 nitrogen and oxygen atoms in total. The second kappa shape index (κ2) is 7.98. The van der Waals surface area contributed by atoms with Gasteiger partial charge in [0.2, 0.25) is 0 Å². The highest BCUT2D eigenvalue weighted by atomic mass is 32.1. The van der Waals surface area contributed by atoms with E-state index in [0.717, 1.165) is 26.1 Å². The first kappa shape index (κ1) is 18.7. The van der Waals surface area contributed by atoms with E-state index >= 15 is 0 Å². The van der Waals surface area contributed by atoms with Gasteiger partial charge in [0.05, 0.1) is 12.8 Å². The van der Waals surface area contributed by atoms with Crippen molar-refractivity contribution in [3.8, 4) is 0 Å². The summed E-state index contributed by atoms with van der Waals surface area (Å²) in [6, 6.07) is 1.57. The minimum absolute atomic E-state index is 0.158. The SMILES string of the molecule is COC(=O)c1sccc1NC(=O)N1CCN(CCC(C)(C)C)CC1. The van der Waals surface area contributed by atoms with E-state index in [1.54, 1.807) is 16.3 Å². The summed E-state index contributed by atoms with van der Waals surface area (Å²) < 4.78 is 4.73. The molecule has 1 aliphatic rings. The molecular weight excluding hydrogens is 326 g/mol. The van der Waals surface area contributed by atoms with Crippen LogP contribution in [-0.2, 0) is 4.74 Å². The summed E-state index contributed by atoms with van der Waals surface area (Å²) in [5.41, 5.74) is 0.851. The van der Waals surface area contributed by atoms with Gasteiger partial charge in [0.1, 0.15) is 4.88 Å². The number of urea groups is 1. The normalized spacial score (nSPS) is 16.1. The van der Waals surface area contributed by atoms with Gasteiger partial charge in [-0.1, -0.05) is 20.8 Å². The number of rotatable bonds is 4. The molecule has 134 valence electrons. The molecule has 0 spiro atoms. The molecule has 1 aliphatic heterocycles. The molecule has 1 N–H and O–H groups in total. The average molecular weight is 353 g/mol. The van der Waals surface area contributed by atoms with E-state index in [-0.39, 0.29) is 6.03 Å². The van der Waals surface area contributed by atoms with Crippen molar-refractivity contribution in [3.05, 3.63) is 16.3 Å². The largest absolute Gasteiger partial charge is 0.465 e. The topological polar surface area (TPSA) is 61.9 Å². The van der Waals surface area contributed by atoms with Crippen molar-refractivity contribution in [1.29, 1.82) is 0 Å². The smallest absolute Gasteiger partial charge is 0.350 e. The lowest BCUT2D eigenvalue weighted by molar-refractivity contribution is 0.0607. The summed E-state index contributed by atoms with van der Waals surface area (Å²) in [5, 5.41) is 4.59. The zero-order valence-electron chi connectivity index (χ0n) is 14.9. The zero-order chi connectivity index (χ0) is 17.7. The number of hydrogen-bond donors (Lipinski definition) is 1. The van der Waals surface area contributed by atoms with Crippen LogP contribution in [0.15, 0.2) is 11.4 Å².